The summed E-state index contributed by atoms with van der Waals surface area (Å²) in [6, 6.07) is 8.16. The lowest BCUT2D eigenvalue weighted by atomic mass is 10.1. The summed E-state index contributed by atoms with van der Waals surface area (Å²) in [6.07, 6.45) is 0. The smallest absolute Gasteiger partial charge is 0.0589 e. The third-order valence-corrected chi connectivity index (χ3v) is 2.46. The maximum absolute atomic E-state index is 5.39. The molecular weight excluding hydrogens is 212 g/mol. The molecule has 0 bridgehead atoms. The lowest BCUT2D eigenvalue weighted by Crippen LogP contribution is -2.22. The zero-order chi connectivity index (χ0) is 12.5. The quantitative estimate of drug-likeness (QED) is 0.772. The molecule has 0 aromatic heterocycles. The number of ether oxygens (including phenoxy) is 1. The summed E-state index contributed by atoms with van der Waals surface area (Å²) in [5.41, 5.74) is 7.68. The minimum Gasteiger partial charge on any atom is -0.383 e. The molecule has 0 spiro atoms. The Morgan fingerprint density at radius 3 is 2.82 bits per heavy atom. The second-order valence-electron chi connectivity index (χ2n) is 3.89. The van der Waals surface area contributed by atoms with Crippen LogP contribution in [-0.2, 0) is 11.3 Å². The van der Waals surface area contributed by atoms with Gasteiger partial charge < -0.3 is 10.5 Å². The van der Waals surface area contributed by atoms with E-state index in [9.17, 15) is 0 Å². The molecule has 0 saturated carbocycles. The molecule has 0 amide bonds. The first kappa shape index (κ1) is 13.7. The lowest BCUT2D eigenvalue weighted by molar-refractivity contribution is 0.158. The fourth-order valence-corrected chi connectivity index (χ4v) is 1.54. The van der Waals surface area contributed by atoms with Crippen molar-refractivity contribution in [2.75, 3.05) is 33.9 Å². The Labute approximate surface area is 104 Å². The van der Waals surface area contributed by atoms with E-state index in [0.717, 1.165) is 25.3 Å². The summed E-state index contributed by atoms with van der Waals surface area (Å²) in [4.78, 5) is 2.21. The highest BCUT2D eigenvalue weighted by atomic mass is 16.5. The van der Waals surface area contributed by atoms with Gasteiger partial charge in [0, 0.05) is 25.8 Å². The van der Waals surface area contributed by atoms with E-state index >= 15 is 0 Å². The van der Waals surface area contributed by atoms with Gasteiger partial charge in [0.1, 0.15) is 0 Å². The molecule has 17 heavy (non-hydrogen) atoms. The Morgan fingerprint density at radius 1 is 1.35 bits per heavy atom. The lowest BCUT2D eigenvalue weighted by Gasteiger charge is -2.16. The molecule has 3 heteroatoms. The molecule has 1 aromatic rings. The number of rotatable bonds is 5. The van der Waals surface area contributed by atoms with Crippen molar-refractivity contribution in [3.05, 3.63) is 35.4 Å². The van der Waals surface area contributed by atoms with Gasteiger partial charge >= 0.3 is 0 Å². The van der Waals surface area contributed by atoms with Gasteiger partial charge in [-0.05, 0) is 18.7 Å². The molecule has 0 fully saturated rings. The first-order valence-corrected chi connectivity index (χ1v) is 5.72. The molecule has 0 aliphatic carbocycles. The van der Waals surface area contributed by atoms with Gasteiger partial charge in [0.15, 0.2) is 0 Å². The highest BCUT2D eigenvalue weighted by molar-refractivity contribution is 5.41. The van der Waals surface area contributed by atoms with Crippen LogP contribution in [-0.4, -0.2) is 38.8 Å². The van der Waals surface area contributed by atoms with Crippen LogP contribution < -0.4 is 5.73 Å². The first-order valence-electron chi connectivity index (χ1n) is 5.72. The van der Waals surface area contributed by atoms with Crippen LogP contribution in [0.2, 0.25) is 0 Å². The van der Waals surface area contributed by atoms with Gasteiger partial charge in [-0.25, -0.2) is 0 Å². The number of methoxy groups -OCH3 is 1. The van der Waals surface area contributed by atoms with E-state index in [1.165, 1.54) is 5.56 Å². The Balaban J connectivity index is 2.69. The average Bonchev–Trinajstić information content (AvgIpc) is 2.35. The summed E-state index contributed by atoms with van der Waals surface area (Å²) < 4.78 is 5.06. The van der Waals surface area contributed by atoms with E-state index in [0.29, 0.717) is 6.54 Å². The third-order valence-electron chi connectivity index (χ3n) is 2.46. The molecule has 1 aromatic carbocycles. The number of hydrogen-bond acceptors (Lipinski definition) is 3. The maximum Gasteiger partial charge on any atom is 0.0589 e. The fraction of sp³-hybridized carbons (Fsp3) is 0.429. The van der Waals surface area contributed by atoms with Crippen molar-refractivity contribution in [1.82, 2.24) is 4.90 Å². The summed E-state index contributed by atoms with van der Waals surface area (Å²) >= 11 is 0. The molecule has 1 rings (SSSR count). The highest BCUT2D eigenvalue weighted by Crippen LogP contribution is 2.09. The molecule has 3 nitrogen and oxygen atoms in total. The average molecular weight is 232 g/mol. The van der Waals surface area contributed by atoms with E-state index in [-0.39, 0.29) is 0 Å². The zero-order valence-electron chi connectivity index (χ0n) is 10.6. The Kier molecular flexibility index (Phi) is 6.34. The molecule has 0 aliphatic heterocycles. The van der Waals surface area contributed by atoms with E-state index < -0.39 is 0 Å². The fourth-order valence-electron chi connectivity index (χ4n) is 1.54. The Hall–Kier alpha value is -1.34. The van der Waals surface area contributed by atoms with Crippen molar-refractivity contribution in [2.24, 2.45) is 5.73 Å². The minimum absolute atomic E-state index is 0.397. The van der Waals surface area contributed by atoms with Gasteiger partial charge in [-0.2, -0.15) is 0 Å². The number of benzene rings is 1. The topological polar surface area (TPSA) is 38.5 Å². The van der Waals surface area contributed by atoms with E-state index in [2.05, 4.69) is 29.9 Å². The summed E-state index contributed by atoms with van der Waals surface area (Å²) in [5, 5.41) is 0. The van der Waals surface area contributed by atoms with Crippen LogP contribution >= 0.6 is 0 Å². The van der Waals surface area contributed by atoms with Crippen LogP contribution in [0.25, 0.3) is 0 Å². The summed E-state index contributed by atoms with van der Waals surface area (Å²) in [6.45, 7) is 2.93. The van der Waals surface area contributed by atoms with Gasteiger partial charge in [-0.15, -0.1) is 0 Å². The van der Waals surface area contributed by atoms with Gasteiger partial charge in [0.25, 0.3) is 0 Å². The molecular formula is C14H20N2O. The van der Waals surface area contributed by atoms with Crippen molar-refractivity contribution < 1.29 is 4.74 Å². The molecule has 92 valence electrons. The van der Waals surface area contributed by atoms with Crippen LogP contribution in [0.1, 0.15) is 11.1 Å². The predicted octanol–water partition coefficient (Wildman–Crippen LogP) is 1.08. The second-order valence-corrected chi connectivity index (χ2v) is 3.89. The standard InChI is InChI=1S/C14H20N2O/c1-16(10-11-17-2)12-14-7-4-3-6-13(14)8-5-9-15/h3-4,6-7H,9-12,15H2,1-2H3. The van der Waals surface area contributed by atoms with Crippen molar-refractivity contribution >= 4 is 0 Å². The van der Waals surface area contributed by atoms with Crippen molar-refractivity contribution in [1.29, 1.82) is 0 Å². The van der Waals surface area contributed by atoms with Gasteiger partial charge in [-0.1, -0.05) is 30.0 Å². The van der Waals surface area contributed by atoms with Crippen LogP contribution in [0.5, 0.6) is 0 Å². The molecule has 0 heterocycles. The van der Waals surface area contributed by atoms with E-state index in [1.807, 2.05) is 18.2 Å². The van der Waals surface area contributed by atoms with E-state index in [1.54, 1.807) is 7.11 Å². The number of hydrogen-bond donors (Lipinski definition) is 1. The van der Waals surface area contributed by atoms with Crippen molar-refractivity contribution in [3.63, 3.8) is 0 Å². The minimum atomic E-state index is 0.397. The van der Waals surface area contributed by atoms with Crippen LogP contribution in [0.4, 0.5) is 0 Å². The molecule has 0 aliphatic rings. The molecule has 0 saturated heterocycles. The normalized spacial score (nSPS) is 10.1. The van der Waals surface area contributed by atoms with Gasteiger partial charge in [0.05, 0.1) is 13.2 Å². The van der Waals surface area contributed by atoms with Gasteiger partial charge in [-0.3, -0.25) is 4.90 Å². The monoisotopic (exact) mass is 232 g/mol. The molecule has 0 unspecified atom stereocenters. The Bertz CT molecular complexity index is 393. The SMILES string of the molecule is COCCN(C)Cc1ccccc1C#CCN. The third kappa shape index (κ3) is 5.01. The maximum atomic E-state index is 5.39. The first-order chi connectivity index (χ1) is 8.27. The highest BCUT2D eigenvalue weighted by Gasteiger charge is 2.03. The zero-order valence-corrected chi connectivity index (χ0v) is 10.6. The Morgan fingerprint density at radius 2 is 2.12 bits per heavy atom. The van der Waals surface area contributed by atoms with Gasteiger partial charge in [0.2, 0.25) is 0 Å². The van der Waals surface area contributed by atoms with Crippen molar-refractivity contribution in [2.45, 2.75) is 6.54 Å². The van der Waals surface area contributed by atoms with Crippen LogP contribution in [0, 0.1) is 11.8 Å². The van der Waals surface area contributed by atoms with Crippen molar-refractivity contribution in [3.8, 4) is 11.8 Å². The number of nitrogens with two attached hydrogens (primary N) is 1. The molecule has 2 N–H and O–H groups in total. The molecule has 0 atom stereocenters. The van der Waals surface area contributed by atoms with Crippen LogP contribution in [0.3, 0.4) is 0 Å². The van der Waals surface area contributed by atoms with E-state index in [4.69, 9.17) is 10.5 Å². The summed E-state index contributed by atoms with van der Waals surface area (Å²) in [5.74, 6) is 6.00. The number of nitrogens with zero attached hydrogens (tertiary/aromatic N) is 1. The second kappa shape index (κ2) is 7.86. The number of likely N-dealkylation sites (N-methyl/N-ethyl adjacent to an activating group) is 1. The van der Waals surface area contributed by atoms with Crippen LogP contribution in [0.15, 0.2) is 24.3 Å². The molecule has 0 radical (unpaired) electrons. The largest absolute Gasteiger partial charge is 0.383 e. The summed E-state index contributed by atoms with van der Waals surface area (Å²) in [7, 11) is 3.79. The predicted molar refractivity (Wildman–Crippen MR) is 70.6 cm³/mol.